The monoisotopic (exact) mass is 404 g/mol. The molecule has 0 amide bonds. The van der Waals surface area contributed by atoms with Gasteiger partial charge in [-0.05, 0) is 54.9 Å². The van der Waals surface area contributed by atoms with Crippen LogP contribution < -0.4 is 16.3 Å². The lowest BCUT2D eigenvalue weighted by Gasteiger charge is -2.10. The van der Waals surface area contributed by atoms with Gasteiger partial charge in [-0.2, -0.15) is 5.10 Å². The first kappa shape index (κ1) is 18.9. The summed E-state index contributed by atoms with van der Waals surface area (Å²) in [5.74, 6) is 0.652. The molecule has 2 aromatic heterocycles. The van der Waals surface area contributed by atoms with Crippen LogP contribution in [0.25, 0.3) is 11.0 Å². The Bertz CT molecular complexity index is 1260. The van der Waals surface area contributed by atoms with Gasteiger partial charge in [0.05, 0.1) is 6.54 Å². The van der Waals surface area contributed by atoms with E-state index in [0.717, 1.165) is 16.6 Å². The van der Waals surface area contributed by atoms with Gasteiger partial charge in [0.2, 0.25) is 0 Å². The number of aromatic nitrogens is 2. The highest BCUT2D eigenvalue weighted by Gasteiger charge is 2.07. The maximum absolute atomic E-state index is 11.6. The first-order valence-corrected chi connectivity index (χ1v) is 9.59. The number of nitrogens with zero attached hydrogens (tertiary/aromatic N) is 2. The molecule has 7 heteroatoms. The van der Waals surface area contributed by atoms with E-state index in [1.54, 1.807) is 6.07 Å². The number of thiocarbonyl (C=S) groups is 1. The average molecular weight is 404 g/mol. The van der Waals surface area contributed by atoms with Crippen molar-refractivity contribution >= 4 is 39.8 Å². The normalized spacial score (nSPS) is 10.8. The van der Waals surface area contributed by atoms with Crippen molar-refractivity contribution in [3.05, 3.63) is 87.9 Å². The van der Waals surface area contributed by atoms with E-state index in [1.165, 1.54) is 17.2 Å². The molecule has 2 aromatic carbocycles. The molecule has 4 aromatic rings. The van der Waals surface area contributed by atoms with E-state index in [-0.39, 0.29) is 5.63 Å². The predicted molar refractivity (Wildman–Crippen MR) is 120 cm³/mol. The highest BCUT2D eigenvalue weighted by atomic mass is 32.1. The Morgan fingerprint density at radius 3 is 2.72 bits per heavy atom. The zero-order valence-corrected chi connectivity index (χ0v) is 16.9. The lowest BCUT2D eigenvalue weighted by Crippen LogP contribution is -2.19. The number of benzene rings is 2. The third-order valence-corrected chi connectivity index (χ3v) is 4.89. The summed E-state index contributed by atoms with van der Waals surface area (Å²) in [6, 6.07) is 17.1. The standard InChI is InChI=1S/C22H20N4O2S/c1-14-5-3-4-6-16(14)13-26-10-9-20(25-26)24-22(29)23-17-7-8-18-15(2)11-21(27)28-19(18)12-17/h3-12H,13H2,1-2H3,(H2,23,24,25,29). The van der Waals surface area contributed by atoms with Gasteiger partial charge in [-0.25, -0.2) is 4.79 Å². The molecule has 0 aliphatic rings. The summed E-state index contributed by atoms with van der Waals surface area (Å²) in [6.07, 6.45) is 1.91. The van der Waals surface area contributed by atoms with Gasteiger partial charge >= 0.3 is 5.63 Å². The highest BCUT2D eigenvalue weighted by molar-refractivity contribution is 7.80. The van der Waals surface area contributed by atoms with Crippen molar-refractivity contribution in [1.29, 1.82) is 0 Å². The SMILES string of the molecule is Cc1ccccc1Cn1ccc(NC(=S)Nc2ccc3c(C)cc(=O)oc3c2)n1. The molecule has 0 saturated heterocycles. The second kappa shape index (κ2) is 7.89. The molecule has 0 unspecified atom stereocenters. The van der Waals surface area contributed by atoms with Gasteiger partial charge in [0.15, 0.2) is 10.9 Å². The van der Waals surface area contributed by atoms with Crippen LogP contribution in [0.2, 0.25) is 0 Å². The van der Waals surface area contributed by atoms with Crippen molar-refractivity contribution in [2.75, 3.05) is 10.6 Å². The summed E-state index contributed by atoms with van der Waals surface area (Å²) in [7, 11) is 0. The van der Waals surface area contributed by atoms with Gasteiger partial charge in [-0.15, -0.1) is 0 Å². The fourth-order valence-electron chi connectivity index (χ4n) is 3.16. The number of fused-ring (bicyclic) bond motifs is 1. The molecular weight excluding hydrogens is 384 g/mol. The molecule has 0 aliphatic heterocycles. The topological polar surface area (TPSA) is 72.1 Å². The average Bonchev–Trinajstić information content (AvgIpc) is 3.10. The first-order chi connectivity index (χ1) is 14.0. The lowest BCUT2D eigenvalue weighted by molar-refractivity contribution is 0.560. The third kappa shape index (κ3) is 4.35. The molecule has 0 saturated carbocycles. The van der Waals surface area contributed by atoms with Gasteiger partial charge in [-0.1, -0.05) is 24.3 Å². The molecule has 4 rings (SSSR count). The highest BCUT2D eigenvalue weighted by Crippen LogP contribution is 2.21. The summed E-state index contributed by atoms with van der Waals surface area (Å²) < 4.78 is 7.14. The number of nitrogens with one attached hydrogen (secondary N) is 2. The minimum absolute atomic E-state index is 0.368. The number of rotatable bonds is 4. The van der Waals surface area contributed by atoms with Crippen LogP contribution in [0.1, 0.15) is 16.7 Å². The fourth-order valence-corrected chi connectivity index (χ4v) is 3.38. The molecule has 0 radical (unpaired) electrons. The van der Waals surface area contributed by atoms with E-state index in [9.17, 15) is 4.79 Å². The number of aryl methyl sites for hydroxylation is 2. The van der Waals surface area contributed by atoms with Gasteiger partial charge in [0, 0.05) is 35.5 Å². The van der Waals surface area contributed by atoms with Crippen LogP contribution in [-0.4, -0.2) is 14.9 Å². The lowest BCUT2D eigenvalue weighted by atomic mass is 10.1. The molecule has 2 heterocycles. The van der Waals surface area contributed by atoms with Crippen LogP contribution in [0.15, 0.2) is 70.0 Å². The van der Waals surface area contributed by atoms with Crippen molar-refractivity contribution in [1.82, 2.24) is 9.78 Å². The minimum atomic E-state index is -0.368. The van der Waals surface area contributed by atoms with Crippen molar-refractivity contribution in [2.24, 2.45) is 0 Å². The summed E-state index contributed by atoms with van der Waals surface area (Å²) in [4.78, 5) is 11.6. The number of hydrogen-bond donors (Lipinski definition) is 2. The Morgan fingerprint density at radius 2 is 1.90 bits per heavy atom. The Labute approximate surface area is 173 Å². The van der Waals surface area contributed by atoms with Crippen LogP contribution in [0.3, 0.4) is 0 Å². The Morgan fingerprint density at radius 1 is 1.07 bits per heavy atom. The smallest absolute Gasteiger partial charge is 0.336 e. The van der Waals surface area contributed by atoms with Crippen LogP contribution in [-0.2, 0) is 6.54 Å². The minimum Gasteiger partial charge on any atom is -0.423 e. The molecule has 0 aliphatic carbocycles. The summed E-state index contributed by atoms with van der Waals surface area (Å²) in [6.45, 7) is 4.66. The molecule has 0 fully saturated rings. The van der Waals surface area contributed by atoms with Crippen molar-refractivity contribution < 1.29 is 4.42 Å². The van der Waals surface area contributed by atoms with Crippen molar-refractivity contribution in [3.8, 4) is 0 Å². The molecule has 0 atom stereocenters. The van der Waals surface area contributed by atoms with Crippen LogP contribution in [0.5, 0.6) is 0 Å². The summed E-state index contributed by atoms with van der Waals surface area (Å²) in [5, 5.41) is 12.0. The Balaban J connectivity index is 1.44. The molecule has 146 valence electrons. The molecule has 2 N–H and O–H groups in total. The second-order valence-electron chi connectivity index (χ2n) is 6.86. The largest absolute Gasteiger partial charge is 0.423 e. The Hall–Kier alpha value is -3.45. The van der Waals surface area contributed by atoms with Gasteiger partial charge in [0.1, 0.15) is 5.58 Å². The summed E-state index contributed by atoms with van der Waals surface area (Å²) in [5.41, 5.74) is 4.20. The van der Waals surface area contributed by atoms with E-state index in [4.69, 9.17) is 16.6 Å². The first-order valence-electron chi connectivity index (χ1n) is 9.18. The quantitative estimate of drug-likeness (QED) is 0.386. The van der Waals surface area contributed by atoms with Crippen molar-refractivity contribution in [3.63, 3.8) is 0 Å². The molecule has 6 nitrogen and oxygen atoms in total. The van der Waals surface area contributed by atoms with Crippen LogP contribution in [0.4, 0.5) is 11.5 Å². The van der Waals surface area contributed by atoms with E-state index < -0.39 is 0 Å². The van der Waals surface area contributed by atoms with E-state index in [2.05, 4.69) is 34.8 Å². The number of hydrogen-bond acceptors (Lipinski definition) is 4. The number of anilines is 2. The zero-order chi connectivity index (χ0) is 20.4. The van der Waals surface area contributed by atoms with Crippen LogP contribution >= 0.6 is 12.2 Å². The molecule has 29 heavy (non-hydrogen) atoms. The van der Waals surface area contributed by atoms with Gasteiger partial charge < -0.3 is 15.1 Å². The maximum atomic E-state index is 11.6. The molecule has 0 bridgehead atoms. The van der Waals surface area contributed by atoms with Gasteiger partial charge in [0.25, 0.3) is 0 Å². The predicted octanol–water partition coefficient (Wildman–Crippen LogP) is 4.46. The fraction of sp³-hybridized carbons (Fsp3) is 0.136. The van der Waals surface area contributed by atoms with Crippen molar-refractivity contribution in [2.45, 2.75) is 20.4 Å². The van der Waals surface area contributed by atoms with Crippen LogP contribution in [0, 0.1) is 13.8 Å². The van der Waals surface area contributed by atoms with Gasteiger partial charge in [-0.3, -0.25) is 4.68 Å². The maximum Gasteiger partial charge on any atom is 0.336 e. The van der Waals surface area contributed by atoms with E-state index >= 15 is 0 Å². The van der Waals surface area contributed by atoms with E-state index in [0.29, 0.717) is 23.1 Å². The molecule has 0 spiro atoms. The molecular formula is C22H20N4O2S. The Kier molecular flexibility index (Phi) is 5.14. The second-order valence-corrected chi connectivity index (χ2v) is 7.27. The zero-order valence-electron chi connectivity index (χ0n) is 16.1. The third-order valence-electron chi connectivity index (χ3n) is 4.69. The van der Waals surface area contributed by atoms with E-state index in [1.807, 2.05) is 48.1 Å². The summed E-state index contributed by atoms with van der Waals surface area (Å²) >= 11 is 5.39.